The Hall–Kier alpha value is -8.18. The van der Waals surface area contributed by atoms with Crippen LogP contribution in [0.1, 0.15) is 130 Å². The Morgan fingerprint density at radius 2 is 1.07 bits per heavy atom. The standard InChI is InChI=1S/C78H74N5O.Pt/c1-74(2,3)51-35-31-47(32-36-51)48-33-38-54(39-34-48)82-65-29-21-19-26-56(65)62-46-79-71(81-73(62)82)50-41-59-55-25-18-20-28-63(55)78(13,14)68(59)60(42-50)57-27-22-30-67-69(57)80-72(61-44-53(76(7,8)9)45-64(70(61)84)77(10,11)12)83(67)66-40-37-52(75(4,5)6)43-58(66)49-23-16-15-17-24-49;/h15-41,43-46,84H,1-14H3;/q-1;. The number of phenols is 1. The van der Waals surface area contributed by atoms with Crippen LogP contribution in [0.15, 0.2) is 188 Å². The van der Waals surface area contributed by atoms with Crippen molar-refractivity contribution >= 4 is 33.0 Å². The average molecular weight is 1290 g/mol. The molecule has 0 aliphatic heterocycles. The van der Waals surface area contributed by atoms with Crippen molar-refractivity contribution in [1.29, 1.82) is 0 Å². The van der Waals surface area contributed by atoms with Crippen LogP contribution in [0.5, 0.6) is 5.75 Å². The summed E-state index contributed by atoms with van der Waals surface area (Å²) >= 11 is 0. The van der Waals surface area contributed by atoms with E-state index in [-0.39, 0.29) is 48.5 Å². The summed E-state index contributed by atoms with van der Waals surface area (Å²) in [5.74, 6) is 1.48. The van der Waals surface area contributed by atoms with Crippen LogP contribution in [0.25, 0.3) is 112 Å². The molecule has 0 spiro atoms. The molecule has 1 aliphatic carbocycles. The molecule has 3 heterocycles. The molecule has 13 rings (SSSR count). The number of aromatic hydroxyl groups is 1. The van der Waals surface area contributed by atoms with Crippen molar-refractivity contribution < 1.29 is 26.2 Å². The molecule has 0 amide bonds. The van der Waals surface area contributed by atoms with Gasteiger partial charge in [0.15, 0.2) is 0 Å². The van der Waals surface area contributed by atoms with Crippen molar-refractivity contribution in [2.75, 3.05) is 0 Å². The maximum absolute atomic E-state index is 12.9. The zero-order valence-electron chi connectivity index (χ0n) is 51.4. The van der Waals surface area contributed by atoms with Gasteiger partial charge < -0.3 is 5.11 Å². The zero-order chi connectivity index (χ0) is 59.0. The Kier molecular flexibility index (Phi) is 13.8. The van der Waals surface area contributed by atoms with Crippen LogP contribution in [0.4, 0.5) is 0 Å². The first-order valence-corrected chi connectivity index (χ1v) is 29.7. The number of benzene rings is 9. The van der Waals surface area contributed by atoms with E-state index in [0.29, 0.717) is 17.2 Å². The Morgan fingerprint density at radius 1 is 0.471 bits per heavy atom. The second-order valence-corrected chi connectivity index (χ2v) is 27.9. The normalized spacial score (nSPS) is 13.3. The first-order valence-electron chi connectivity index (χ1n) is 29.7. The molecule has 0 bridgehead atoms. The van der Waals surface area contributed by atoms with Crippen molar-refractivity contribution in [1.82, 2.24) is 24.1 Å². The first kappa shape index (κ1) is 57.3. The van der Waals surface area contributed by atoms with Gasteiger partial charge in [-0.25, -0.2) is 9.97 Å². The van der Waals surface area contributed by atoms with Gasteiger partial charge in [-0.2, -0.15) is 0 Å². The number of imidazole rings is 1. The van der Waals surface area contributed by atoms with Gasteiger partial charge >= 0.3 is 0 Å². The van der Waals surface area contributed by atoms with E-state index >= 15 is 0 Å². The Labute approximate surface area is 516 Å². The number of hydrogen-bond donors (Lipinski definition) is 1. The molecule has 6 nitrogen and oxygen atoms in total. The van der Waals surface area contributed by atoms with E-state index in [1.165, 1.54) is 33.4 Å². The quantitative estimate of drug-likeness (QED) is 0.161. The van der Waals surface area contributed by atoms with E-state index in [2.05, 4.69) is 294 Å². The van der Waals surface area contributed by atoms with Gasteiger partial charge in [0.2, 0.25) is 0 Å². The van der Waals surface area contributed by atoms with E-state index in [1.54, 1.807) is 0 Å². The third-order valence-corrected chi connectivity index (χ3v) is 17.6. The molecule has 0 saturated carbocycles. The molecule has 3 aromatic heterocycles. The molecular formula is C78H74N5OPt-. The van der Waals surface area contributed by atoms with Gasteiger partial charge in [0.05, 0.1) is 33.6 Å². The molecule has 12 aromatic rings. The number of nitrogens with zero attached hydrogens (tertiary/aromatic N) is 5. The van der Waals surface area contributed by atoms with Crippen LogP contribution in [0, 0.1) is 6.07 Å². The number of phenolic OH excluding ortho intramolecular Hbond substituents is 1. The molecule has 0 atom stereocenters. The number of fused-ring (bicyclic) bond motifs is 7. The Morgan fingerprint density at radius 3 is 1.75 bits per heavy atom. The maximum Gasteiger partial charge on any atom is 0.148 e. The van der Waals surface area contributed by atoms with Crippen LogP contribution in [-0.4, -0.2) is 29.2 Å². The van der Waals surface area contributed by atoms with Crippen LogP contribution in [0.3, 0.4) is 0 Å². The fourth-order valence-electron chi connectivity index (χ4n) is 12.8. The van der Waals surface area contributed by atoms with Crippen LogP contribution in [-0.2, 0) is 48.1 Å². The molecule has 0 fully saturated rings. The van der Waals surface area contributed by atoms with Crippen molar-refractivity contribution in [3.8, 4) is 84.4 Å². The molecule has 0 radical (unpaired) electrons. The van der Waals surface area contributed by atoms with Gasteiger partial charge in [-0.15, -0.1) is 17.7 Å². The largest absolute Gasteiger partial charge is 0.507 e. The first-order chi connectivity index (χ1) is 39.9. The number of hydrogen-bond acceptors (Lipinski definition) is 4. The Balaban J connectivity index is 0.00000709. The van der Waals surface area contributed by atoms with Gasteiger partial charge in [0.1, 0.15) is 17.2 Å². The minimum atomic E-state index is -0.411. The second kappa shape index (κ2) is 20.5. The third kappa shape index (κ3) is 9.75. The molecule has 0 unspecified atom stereocenters. The summed E-state index contributed by atoms with van der Waals surface area (Å²) in [6.45, 7) is 31.5. The number of rotatable bonds is 7. The summed E-state index contributed by atoms with van der Waals surface area (Å²) in [6.07, 6.45) is 1.99. The monoisotopic (exact) mass is 1290 g/mol. The zero-order valence-corrected chi connectivity index (χ0v) is 53.7. The fourth-order valence-corrected chi connectivity index (χ4v) is 12.8. The number of aromatic nitrogens is 5. The van der Waals surface area contributed by atoms with Crippen LogP contribution in [0.2, 0.25) is 0 Å². The Bertz CT molecular complexity index is 4590. The summed E-state index contributed by atoms with van der Waals surface area (Å²) in [6, 6.07) is 69.9. The number of para-hydroxylation sites is 2. The van der Waals surface area contributed by atoms with Gasteiger partial charge in [-0.3, -0.25) is 14.1 Å². The van der Waals surface area contributed by atoms with Crippen molar-refractivity contribution in [2.45, 2.75) is 124 Å². The average Bonchev–Trinajstić information content (AvgIpc) is 1.73. The smallest absolute Gasteiger partial charge is 0.148 e. The van der Waals surface area contributed by atoms with E-state index < -0.39 is 5.41 Å². The SMILES string of the molecule is CC(C)(C)c1ccc(-c2ccc(-n3c4ccccc4c4cnc(-c5[c-]c(-c6cccc7c6nc(-c6cc(C(C)(C)C)cc(C(C)(C)C)c6O)n7-c6ccc(C(C)(C)C)cc6-c6ccccc6)c6c(c5)-c5ccccc5C6(C)C)nc43)cc2)cc1.[Pt]. The summed E-state index contributed by atoms with van der Waals surface area (Å²) in [4.78, 5) is 16.7. The van der Waals surface area contributed by atoms with E-state index in [1.807, 2.05) is 6.20 Å². The van der Waals surface area contributed by atoms with E-state index in [0.717, 1.165) is 94.4 Å². The molecule has 0 saturated heterocycles. The van der Waals surface area contributed by atoms with Crippen molar-refractivity contribution in [3.05, 3.63) is 228 Å². The second-order valence-electron chi connectivity index (χ2n) is 27.9. The van der Waals surface area contributed by atoms with E-state index in [4.69, 9.17) is 15.0 Å². The fraction of sp³-hybridized carbons (Fsp3) is 0.244. The predicted octanol–water partition coefficient (Wildman–Crippen LogP) is 20.2. The third-order valence-electron chi connectivity index (χ3n) is 17.6. The van der Waals surface area contributed by atoms with Gasteiger partial charge in [-0.1, -0.05) is 253 Å². The molecule has 7 heteroatoms. The maximum atomic E-state index is 12.9. The molecule has 9 aromatic carbocycles. The van der Waals surface area contributed by atoms with Gasteiger partial charge in [0.25, 0.3) is 0 Å². The molecule has 1 aliphatic rings. The van der Waals surface area contributed by atoms with E-state index in [9.17, 15) is 5.11 Å². The summed E-state index contributed by atoms with van der Waals surface area (Å²) < 4.78 is 4.58. The van der Waals surface area contributed by atoms with Crippen LogP contribution >= 0.6 is 0 Å². The molecule has 428 valence electrons. The molecular weight excluding hydrogens is 1220 g/mol. The minimum absolute atomic E-state index is 0. The predicted molar refractivity (Wildman–Crippen MR) is 351 cm³/mol. The molecule has 85 heavy (non-hydrogen) atoms. The minimum Gasteiger partial charge on any atom is -0.507 e. The molecule has 1 N–H and O–H groups in total. The summed E-state index contributed by atoms with van der Waals surface area (Å²) in [5, 5.41) is 14.9. The summed E-state index contributed by atoms with van der Waals surface area (Å²) in [7, 11) is 0. The topological polar surface area (TPSA) is 68.8 Å². The van der Waals surface area contributed by atoms with Crippen LogP contribution < -0.4 is 0 Å². The van der Waals surface area contributed by atoms with Crippen molar-refractivity contribution in [3.63, 3.8) is 0 Å². The summed E-state index contributed by atoms with van der Waals surface area (Å²) in [5.41, 5.74) is 21.7. The van der Waals surface area contributed by atoms with Crippen molar-refractivity contribution in [2.24, 2.45) is 0 Å². The van der Waals surface area contributed by atoms with Gasteiger partial charge in [-0.05, 0) is 114 Å². The van der Waals surface area contributed by atoms with Gasteiger partial charge in [0, 0.05) is 54.8 Å².